The van der Waals surface area contributed by atoms with Crippen LogP contribution in [0.4, 0.5) is 0 Å². The Balaban J connectivity index is 1.92. The van der Waals surface area contributed by atoms with Crippen molar-refractivity contribution in [2.24, 2.45) is 0 Å². The SMILES string of the molecule is CNC(=O)COC(=O)[C@H]1COc2ccccc2O1. The largest absolute Gasteiger partial charge is 0.485 e. The molecule has 6 nitrogen and oxygen atoms in total. The Morgan fingerprint density at radius 2 is 2.11 bits per heavy atom. The zero-order valence-corrected chi connectivity index (χ0v) is 9.84. The van der Waals surface area contributed by atoms with Crippen LogP contribution in [-0.4, -0.2) is 38.2 Å². The smallest absolute Gasteiger partial charge is 0.351 e. The standard InChI is InChI=1S/C12H13NO5/c1-13-11(14)7-17-12(15)10-6-16-8-4-2-3-5-9(8)18-10/h2-5,10H,6-7H2,1H3,(H,13,14)/t10-/m1/s1. The number of rotatable bonds is 3. The van der Waals surface area contributed by atoms with Gasteiger partial charge in [0, 0.05) is 7.05 Å². The lowest BCUT2D eigenvalue weighted by Crippen LogP contribution is -2.39. The van der Waals surface area contributed by atoms with Crippen molar-refractivity contribution in [3.05, 3.63) is 24.3 Å². The van der Waals surface area contributed by atoms with Crippen molar-refractivity contribution >= 4 is 11.9 Å². The van der Waals surface area contributed by atoms with Gasteiger partial charge in [-0.2, -0.15) is 0 Å². The van der Waals surface area contributed by atoms with Crippen molar-refractivity contribution in [1.29, 1.82) is 0 Å². The fourth-order valence-corrected chi connectivity index (χ4v) is 1.44. The second-order valence-electron chi connectivity index (χ2n) is 3.65. The van der Waals surface area contributed by atoms with Gasteiger partial charge < -0.3 is 19.5 Å². The zero-order chi connectivity index (χ0) is 13.0. The van der Waals surface area contributed by atoms with Crippen LogP contribution in [0.5, 0.6) is 11.5 Å². The molecule has 1 atom stereocenters. The number of carbonyl (C=O) groups excluding carboxylic acids is 2. The van der Waals surface area contributed by atoms with Gasteiger partial charge in [0.15, 0.2) is 18.1 Å². The Hall–Kier alpha value is -2.24. The molecule has 0 saturated carbocycles. The Morgan fingerprint density at radius 3 is 2.83 bits per heavy atom. The van der Waals surface area contributed by atoms with Gasteiger partial charge in [-0.1, -0.05) is 12.1 Å². The van der Waals surface area contributed by atoms with E-state index < -0.39 is 12.1 Å². The maximum Gasteiger partial charge on any atom is 0.351 e. The highest BCUT2D eigenvalue weighted by molar-refractivity contribution is 5.82. The molecule has 0 aliphatic carbocycles. The summed E-state index contributed by atoms with van der Waals surface area (Å²) in [5.41, 5.74) is 0. The van der Waals surface area contributed by atoms with Gasteiger partial charge in [0.1, 0.15) is 6.61 Å². The molecule has 0 fully saturated rings. The highest BCUT2D eigenvalue weighted by Gasteiger charge is 2.28. The first kappa shape index (κ1) is 12.2. The summed E-state index contributed by atoms with van der Waals surface area (Å²) in [5, 5.41) is 2.35. The van der Waals surface area contributed by atoms with E-state index in [0.717, 1.165) is 0 Å². The molecule has 0 saturated heterocycles. The first-order valence-electron chi connectivity index (χ1n) is 5.46. The molecule has 18 heavy (non-hydrogen) atoms. The highest BCUT2D eigenvalue weighted by Crippen LogP contribution is 2.30. The molecule has 0 bridgehead atoms. The molecule has 6 heteroatoms. The highest BCUT2D eigenvalue weighted by atomic mass is 16.6. The van der Waals surface area contributed by atoms with Crippen molar-refractivity contribution < 1.29 is 23.8 Å². The number of hydrogen-bond acceptors (Lipinski definition) is 5. The molecule has 1 amide bonds. The van der Waals surface area contributed by atoms with Crippen LogP contribution in [0.25, 0.3) is 0 Å². The Labute approximate surface area is 104 Å². The maximum atomic E-state index is 11.6. The number of esters is 1. The molecule has 1 aromatic rings. The average Bonchev–Trinajstić information content (AvgIpc) is 2.43. The van der Waals surface area contributed by atoms with Gasteiger partial charge >= 0.3 is 5.97 Å². The van der Waals surface area contributed by atoms with E-state index in [2.05, 4.69) is 5.32 Å². The van der Waals surface area contributed by atoms with E-state index in [-0.39, 0.29) is 19.1 Å². The summed E-state index contributed by atoms with van der Waals surface area (Å²) in [6, 6.07) is 7.04. The average molecular weight is 251 g/mol. The van der Waals surface area contributed by atoms with Crippen molar-refractivity contribution in [3.63, 3.8) is 0 Å². The van der Waals surface area contributed by atoms with Gasteiger partial charge in [-0.15, -0.1) is 0 Å². The number of nitrogens with one attached hydrogen (secondary N) is 1. The van der Waals surface area contributed by atoms with Gasteiger partial charge in [0.2, 0.25) is 6.10 Å². The molecular weight excluding hydrogens is 238 g/mol. The fraction of sp³-hybridized carbons (Fsp3) is 0.333. The Morgan fingerprint density at radius 1 is 1.39 bits per heavy atom. The molecule has 0 radical (unpaired) electrons. The predicted molar refractivity (Wildman–Crippen MR) is 61.4 cm³/mol. The van der Waals surface area contributed by atoms with E-state index in [1.54, 1.807) is 18.2 Å². The van der Waals surface area contributed by atoms with Gasteiger partial charge in [0.25, 0.3) is 5.91 Å². The van der Waals surface area contributed by atoms with Crippen molar-refractivity contribution in [2.75, 3.05) is 20.3 Å². The van der Waals surface area contributed by atoms with Crippen LogP contribution in [0.1, 0.15) is 0 Å². The number of likely N-dealkylation sites (N-methyl/N-ethyl adjacent to an activating group) is 1. The van der Waals surface area contributed by atoms with Crippen molar-refractivity contribution in [2.45, 2.75) is 6.10 Å². The third-order valence-corrected chi connectivity index (χ3v) is 2.40. The van der Waals surface area contributed by atoms with Gasteiger partial charge in [-0.05, 0) is 12.1 Å². The van der Waals surface area contributed by atoms with Gasteiger partial charge in [0.05, 0.1) is 0 Å². The number of carbonyl (C=O) groups is 2. The minimum atomic E-state index is -0.843. The van der Waals surface area contributed by atoms with Crippen LogP contribution >= 0.6 is 0 Å². The third kappa shape index (κ3) is 2.71. The summed E-state index contributed by atoms with van der Waals surface area (Å²) in [6.07, 6.45) is -0.843. The molecule has 1 heterocycles. The Kier molecular flexibility index (Phi) is 3.66. The summed E-state index contributed by atoms with van der Waals surface area (Å²) in [7, 11) is 1.46. The molecule has 96 valence electrons. The second-order valence-corrected chi connectivity index (χ2v) is 3.65. The topological polar surface area (TPSA) is 73.9 Å². The van der Waals surface area contributed by atoms with Crippen LogP contribution < -0.4 is 14.8 Å². The predicted octanol–water partition coefficient (Wildman–Crippen LogP) is 0.116. The molecule has 1 N–H and O–H groups in total. The van der Waals surface area contributed by atoms with Crippen molar-refractivity contribution in [3.8, 4) is 11.5 Å². The maximum absolute atomic E-state index is 11.6. The molecular formula is C12H13NO5. The lowest BCUT2D eigenvalue weighted by Gasteiger charge is -2.24. The first-order valence-corrected chi connectivity index (χ1v) is 5.46. The monoisotopic (exact) mass is 251 g/mol. The number of fused-ring (bicyclic) bond motifs is 1. The van der Waals surface area contributed by atoms with E-state index in [9.17, 15) is 9.59 Å². The number of amides is 1. The van der Waals surface area contributed by atoms with Gasteiger partial charge in [-0.25, -0.2) is 4.79 Å². The first-order chi connectivity index (χ1) is 8.70. The van der Waals surface area contributed by atoms with E-state index in [4.69, 9.17) is 14.2 Å². The van der Waals surface area contributed by atoms with Crippen LogP contribution in [0, 0.1) is 0 Å². The van der Waals surface area contributed by atoms with Crippen LogP contribution in [-0.2, 0) is 14.3 Å². The number of hydrogen-bond donors (Lipinski definition) is 1. The molecule has 0 aromatic heterocycles. The lowest BCUT2D eigenvalue weighted by atomic mass is 10.2. The fourth-order valence-electron chi connectivity index (χ4n) is 1.44. The molecule has 1 aliphatic heterocycles. The zero-order valence-electron chi connectivity index (χ0n) is 9.84. The molecule has 2 rings (SSSR count). The minimum absolute atomic E-state index is 0.0730. The molecule has 1 aliphatic rings. The normalized spacial score (nSPS) is 16.8. The summed E-state index contributed by atoms with van der Waals surface area (Å²) in [5.74, 6) is 0.0899. The number of ether oxygens (including phenoxy) is 3. The summed E-state index contributed by atoms with van der Waals surface area (Å²) < 4.78 is 15.6. The quantitative estimate of drug-likeness (QED) is 0.772. The van der Waals surface area contributed by atoms with E-state index in [1.165, 1.54) is 7.05 Å². The summed E-state index contributed by atoms with van der Waals surface area (Å²) >= 11 is 0. The molecule has 1 aromatic carbocycles. The van der Waals surface area contributed by atoms with Gasteiger partial charge in [-0.3, -0.25) is 4.79 Å². The van der Waals surface area contributed by atoms with Crippen LogP contribution in [0.2, 0.25) is 0 Å². The summed E-state index contributed by atoms with van der Waals surface area (Å²) in [6.45, 7) is -0.250. The third-order valence-electron chi connectivity index (χ3n) is 2.40. The molecule has 0 unspecified atom stereocenters. The molecule has 0 spiro atoms. The Bertz CT molecular complexity index is 460. The number of para-hydroxylation sites is 2. The minimum Gasteiger partial charge on any atom is -0.485 e. The van der Waals surface area contributed by atoms with E-state index >= 15 is 0 Å². The van der Waals surface area contributed by atoms with E-state index in [1.807, 2.05) is 6.07 Å². The number of benzene rings is 1. The van der Waals surface area contributed by atoms with Crippen LogP contribution in [0.15, 0.2) is 24.3 Å². The second kappa shape index (κ2) is 5.39. The summed E-state index contributed by atoms with van der Waals surface area (Å²) in [4.78, 5) is 22.6. The van der Waals surface area contributed by atoms with E-state index in [0.29, 0.717) is 11.5 Å². The van der Waals surface area contributed by atoms with Crippen molar-refractivity contribution in [1.82, 2.24) is 5.32 Å². The van der Waals surface area contributed by atoms with Crippen LogP contribution in [0.3, 0.4) is 0 Å². The lowest BCUT2D eigenvalue weighted by molar-refractivity contribution is -0.157.